The Morgan fingerprint density at radius 1 is 1.54 bits per heavy atom. The van der Waals surface area contributed by atoms with Crippen LogP contribution in [0.25, 0.3) is 0 Å². The van der Waals surface area contributed by atoms with Crippen molar-refractivity contribution < 1.29 is 4.74 Å². The molecule has 1 rings (SSSR count). The minimum atomic E-state index is -0.318. The summed E-state index contributed by atoms with van der Waals surface area (Å²) in [5, 5.41) is 0.948. The van der Waals surface area contributed by atoms with Gasteiger partial charge in [-0.15, -0.1) is 11.3 Å². The molecule has 0 aromatic carbocycles. The van der Waals surface area contributed by atoms with Crippen molar-refractivity contribution in [3.8, 4) is 0 Å². The van der Waals surface area contributed by atoms with Crippen molar-refractivity contribution in [1.82, 2.24) is 4.98 Å². The molecule has 0 aliphatic rings. The van der Waals surface area contributed by atoms with Gasteiger partial charge in [0.1, 0.15) is 16.4 Å². The highest BCUT2D eigenvalue weighted by Gasteiger charge is 2.25. The van der Waals surface area contributed by atoms with Gasteiger partial charge in [-0.2, -0.15) is 0 Å². The third-order valence-electron chi connectivity index (χ3n) is 1.85. The van der Waals surface area contributed by atoms with Gasteiger partial charge in [-0.3, -0.25) is 0 Å². The highest BCUT2D eigenvalue weighted by Crippen LogP contribution is 2.31. The van der Waals surface area contributed by atoms with Crippen LogP contribution in [0.2, 0.25) is 0 Å². The summed E-state index contributed by atoms with van der Waals surface area (Å²) in [4.78, 5) is 5.33. The molecule has 0 saturated heterocycles. The van der Waals surface area contributed by atoms with E-state index < -0.39 is 0 Å². The Bertz CT molecular complexity index is 274. The Morgan fingerprint density at radius 2 is 2.15 bits per heavy atom. The lowest BCUT2D eigenvalue weighted by Crippen LogP contribution is -2.21. The van der Waals surface area contributed by atoms with Crippen LogP contribution in [-0.2, 0) is 10.3 Å². The summed E-state index contributed by atoms with van der Waals surface area (Å²) < 4.78 is 5.58. The van der Waals surface area contributed by atoms with E-state index in [2.05, 4.69) is 4.98 Å². The molecule has 4 heteroatoms. The summed E-state index contributed by atoms with van der Waals surface area (Å²) in [6.45, 7) is 8.65. The lowest BCUT2D eigenvalue weighted by atomic mass is 10.1. The first-order valence-electron chi connectivity index (χ1n) is 4.34. The smallest absolute Gasteiger partial charge is 0.137 e. The van der Waals surface area contributed by atoms with E-state index in [4.69, 9.17) is 10.5 Å². The number of hydrogen-bond donors (Lipinski definition) is 1. The molecule has 0 unspecified atom stereocenters. The van der Waals surface area contributed by atoms with E-state index in [0.29, 0.717) is 12.4 Å². The quantitative estimate of drug-likeness (QED) is 0.814. The molecule has 0 atom stereocenters. The molecule has 0 amide bonds. The largest absolute Gasteiger partial charge is 0.383 e. The number of nitrogens with zero attached hydrogens (tertiary/aromatic N) is 1. The van der Waals surface area contributed by atoms with Gasteiger partial charge in [0, 0.05) is 11.5 Å². The zero-order valence-corrected chi connectivity index (χ0v) is 9.36. The maximum absolute atomic E-state index is 5.68. The van der Waals surface area contributed by atoms with Crippen molar-refractivity contribution in [1.29, 1.82) is 0 Å². The maximum Gasteiger partial charge on any atom is 0.137 e. The molecule has 0 spiro atoms. The molecule has 1 aromatic heterocycles. The van der Waals surface area contributed by atoms with E-state index in [1.165, 1.54) is 0 Å². The molecule has 0 bridgehead atoms. The standard InChI is InChI=1S/C9H16N2OS/c1-5-12-9(3,4)8-11-7(10)6(2)13-8/h5,10H2,1-4H3. The van der Waals surface area contributed by atoms with Gasteiger partial charge in [0.25, 0.3) is 0 Å². The minimum Gasteiger partial charge on any atom is -0.383 e. The molecule has 13 heavy (non-hydrogen) atoms. The number of thiazole rings is 1. The van der Waals surface area contributed by atoms with E-state index in [9.17, 15) is 0 Å². The Hall–Kier alpha value is -0.610. The summed E-state index contributed by atoms with van der Waals surface area (Å²) in [5.74, 6) is 0.618. The van der Waals surface area contributed by atoms with Gasteiger partial charge in [-0.25, -0.2) is 4.98 Å². The fourth-order valence-corrected chi connectivity index (χ4v) is 1.98. The first-order valence-corrected chi connectivity index (χ1v) is 5.16. The topological polar surface area (TPSA) is 48.1 Å². The van der Waals surface area contributed by atoms with Crippen LogP contribution in [0.3, 0.4) is 0 Å². The number of hydrogen-bond acceptors (Lipinski definition) is 4. The van der Waals surface area contributed by atoms with Crippen LogP contribution in [0.4, 0.5) is 5.82 Å². The molecule has 0 aliphatic heterocycles. The first kappa shape index (κ1) is 10.5. The lowest BCUT2D eigenvalue weighted by molar-refractivity contribution is -0.0140. The van der Waals surface area contributed by atoms with E-state index in [1.54, 1.807) is 11.3 Å². The Morgan fingerprint density at radius 3 is 2.54 bits per heavy atom. The predicted octanol–water partition coefficient (Wildman–Crippen LogP) is 2.31. The maximum atomic E-state index is 5.68. The van der Waals surface area contributed by atoms with Crippen molar-refractivity contribution >= 4 is 17.2 Å². The van der Waals surface area contributed by atoms with Crippen LogP contribution in [0, 0.1) is 6.92 Å². The fourth-order valence-electron chi connectivity index (χ4n) is 1.09. The van der Waals surface area contributed by atoms with Gasteiger partial charge in [0.05, 0.1) is 0 Å². The van der Waals surface area contributed by atoms with Crippen molar-refractivity contribution in [3.05, 3.63) is 9.88 Å². The van der Waals surface area contributed by atoms with E-state index in [1.807, 2.05) is 27.7 Å². The predicted molar refractivity (Wildman–Crippen MR) is 55.9 cm³/mol. The average molecular weight is 200 g/mol. The third kappa shape index (κ3) is 2.19. The molecule has 2 N–H and O–H groups in total. The summed E-state index contributed by atoms with van der Waals surface area (Å²) in [6.07, 6.45) is 0. The third-order valence-corrected chi connectivity index (χ3v) is 3.14. The van der Waals surface area contributed by atoms with Gasteiger partial charge in [-0.05, 0) is 27.7 Å². The molecule has 74 valence electrons. The van der Waals surface area contributed by atoms with Crippen LogP contribution in [-0.4, -0.2) is 11.6 Å². The summed E-state index contributed by atoms with van der Waals surface area (Å²) >= 11 is 1.60. The SMILES string of the molecule is CCOC(C)(C)c1nc(N)c(C)s1. The van der Waals surface area contributed by atoms with Gasteiger partial charge >= 0.3 is 0 Å². The van der Waals surface area contributed by atoms with Gasteiger partial charge < -0.3 is 10.5 Å². The van der Waals surface area contributed by atoms with Crippen LogP contribution in [0.15, 0.2) is 0 Å². The van der Waals surface area contributed by atoms with Gasteiger partial charge in [0.15, 0.2) is 0 Å². The molecule has 0 saturated carbocycles. The highest BCUT2D eigenvalue weighted by atomic mass is 32.1. The van der Waals surface area contributed by atoms with Crippen LogP contribution >= 0.6 is 11.3 Å². The molecule has 1 heterocycles. The number of ether oxygens (including phenoxy) is 1. The molecular weight excluding hydrogens is 184 g/mol. The Kier molecular flexibility index (Phi) is 2.93. The number of nitrogens with two attached hydrogens (primary N) is 1. The Labute approximate surface area is 82.9 Å². The summed E-state index contributed by atoms with van der Waals surface area (Å²) in [7, 11) is 0. The summed E-state index contributed by atoms with van der Waals surface area (Å²) in [5.41, 5.74) is 5.36. The second-order valence-corrected chi connectivity index (χ2v) is 4.61. The molecule has 3 nitrogen and oxygen atoms in total. The molecule has 0 aliphatic carbocycles. The van der Waals surface area contributed by atoms with Crippen LogP contribution in [0.1, 0.15) is 30.7 Å². The zero-order valence-electron chi connectivity index (χ0n) is 8.55. The zero-order chi connectivity index (χ0) is 10.1. The molecule has 1 aromatic rings. The first-order chi connectivity index (χ1) is 5.97. The fraction of sp³-hybridized carbons (Fsp3) is 0.667. The minimum absolute atomic E-state index is 0.318. The molecular formula is C9H16N2OS. The highest BCUT2D eigenvalue weighted by molar-refractivity contribution is 7.12. The van der Waals surface area contributed by atoms with E-state index in [0.717, 1.165) is 9.88 Å². The number of aryl methyl sites for hydroxylation is 1. The molecule has 0 radical (unpaired) electrons. The monoisotopic (exact) mass is 200 g/mol. The lowest BCUT2D eigenvalue weighted by Gasteiger charge is -2.21. The van der Waals surface area contributed by atoms with Crippen molar-refractivity contribution in [2.75, 3.05) is 12.3 Å². The number of rotatable bonds is 3. The van der Waals surface area contributed by atoms with Crippen molar-refractivity contribution in [2.45, 2.75) is 33.3 Å². The number of anilines is 1. The average Bonchev–Trinajstić information content (AvgIpc) is 2.33. The Balaban J connectivity index is 2.93. The van der Waals surface area contributed by atoms with Crippen molar-refractivity contribution in [2.24, 2.45) is 0 Å². The molecule has 0 fully saturated rings. The second kappa shape index (κ2) is 3.64. The van der Waals surface area contributed by atoms with E-state index >= 15 is 0 Å². The number of nitrogen functional groups attached to an aromatic ring is 1. The second-order valence-electron chi connectivity index (χ2n) is 3.40. The van der Waals surface area contributed by atoms with E-state index in [-0.39, 0.29) is 5.60 Å². The van der Waals surface area contributed by atoms with Gasteiger partial charge in [-0.1, -0.05) is 0 Å². The van der Waals surface area contributed by atoms with Crippen LogP contribution < -0.4 is 5.73 Å². The van der Waals surface area contributed by atoms with Gasteiger partial charge in [0.2, 0.25) is 0 Å². The normalized spacial score (nSPS) is 12.0. The van der Waals surface area contributed by atoms with Crippen LogP contribution in [0.5, 0.6) is 0 Å². The number of aromatic nitrogens is 1. The van der Waals surface area contributed by atoms with Crippen molar-refractivity contribution in [3.63, 3.8) is 0 Å². The summed E-state index contributed by atoms with van der Waals surface area (Å²) in [6, 6.07) is 0.